The number of rotatable bonds is 5. The monoisotopic (exact) mass is 375 g/mol. The van der Waals surface area contributed by atoms with Gasteiger partial charge in [-0.2, -0.15) is 13.2 Å². The second-order valence-electron chi connectivity index (χ2n) is 5.19. The number of nitrogens with one attached hydrogen (secondary N) is 1. The van der Waals surface area contributed by atoms with Crippen LogP contribution in [0.4, 0.5) is 17.6 Å². The standard InChI is InChI=1S/C12H13F4NO4S2/c13-10-5-4-9(6-11(10)22(18,19)12(14,15)16)23(20,21)17-7-8-2-1-3-8/h4-6,8,17H,1-3,7H2. The van der Waals surface area contributed by atoms with Crippen molar-refractivity contribution >= 4 is 19.9 Å². The molecular formula is C12H13F4NO4S2. The number of benzene rings is 1. The van der Waals surface area contributed by atoms with E-state index in [1.807, 2.05) is 0 Å². The van der Waals surface area contributed by atoms with Crippen molar-refractivity contribution in [3.8, 4) is 0 Å². The predicted molar refractivity (Wildman–Crippen MR) is 72.2 cm³/mol. The molecule has 130 valence electrons. The number of hydrogen-bond acceptors (Lipinski definition) is 4. The largest absolute Gasteiger partial charge is 0.502 e. The summed E-state index contributed by atoms with van der Waals surface area (Å²) in [5.74, 6) is -1.52. The van der Waals surface area contributed by atoms with Gasteiger partial charge in [-0.25, -0.2) is 25.9 Å². The molecule has 5 nitrogen and oxygen atoms in total. The SMILES string of the molecule is O=S(=O)(NCC1CCC1)c1ccc(F)c(S(=O)(=O)C(F)(F)F)c1. The molecule has 0 atom stereocenters. The van der Waals surface area contributed by atoms with Gasteiger partial charge in [-0.1, -0.05) is 6.42 Å². The van der Waals surface area contributed by atoms with Crippen molar-refractivity contribution in [1.29, 1.82) is 0 Å². The van der Waals surface area contributed by atoms with Crippen LogP contribution in [0.1, 0.15) is 19.3 Å². The van der Waals surface area contributed by atoms with Crippen LogP contribution in [0, 0.1) is 11.7 Å². The first-order chi connectivity index (χ1) is 10.4. The molecule has 1 fully saturated rings. The number of halogens is 4. The molecule has 0 aromatic heterocycles. The molecule has 0 aliphatic heterocycles. The molecule has 1 aliphatic carbocycles. The van der Waals surface area contributed by atoms with Gasteiger partial charge in [0.1, 0.15) is 10.7 Å². The van der Waals surface area contributed by atoms with Gasteiger partial charge < -0.3 is 0 Å². The molecule has 1 aromatic rings. The molecule has 11 heteroatoms. The minimum atomic E-state index is -5.98. The smallest absolute Gasteiger partial charge is 0.214 e. The van der Waals surface area contributed by atoms with E-state index < -0.39 is 41.0 Å². The highest BCUT2D eigenvalue weighted by Gasteiger charge is 2.48. The van der Waals surface area contributed by atoms with E-state index in [4.69, 9.17) is 0 Å². The molecule has 0 unspecified atom stereocenters. The number of hydrogen-bond donors (Lipinski definition) is 1. The second-order valence-corrected chi connectivity index (χ2v) is 8.87. The Bertz CT molecular complexity index is 799. The van der Waals surface area contributed by atoms with Gasteiger partial charge in [0.25, 0.3) is 9.84 Å². The van der Waals surface area contributed by atoms with Crippen molar-refractivity contribution in [2.24, 2.45) is 5.92 Å². The summed E-state index contributed by atoms with van der Waals surface area (Å²) in [6.07, 6.45) is 2.64. The summed E-state index contributed by atoms with van der Waals surface area (Å²) in [5.41, 5.74) is -5.73. The highest BCUT2D eigenvalue weighted by molar-refractivity contribution is 7.92. The van der Waals surface area contributed by atoms with E-state index in [2.05, 4.69) is 4.72 Å². The summed E-state index contributed by atoms with van der Waals surface area (Å²) in [5, 5.41) is 0. The van der Waals surface area contributed by atoms with E-state index in [0.717, 1.165) is 19.3 Å². The lowest BCUT2D eigenvalue weighted by Gasteiger charge is -2.25. The maximum Gasteiger partial charge on any atom is 0.502 e. The summed E-state index contributed by atoms with van der Waals surface area (Å²) in [4.78, 5) is -2.45. The molecule has 0 saturated heterocycles. The third-order valence-corrected chi connectivity index (χ3v) is 6.52. The normalized spacial score (nSPS) is 17.0. The first kappa shape index (κ1) is 18.1. The van der Waals surface area contributed by atoms with Gasteiger partial charge in [-0.05, 0) is 37.0 Å². The van der Waals surface area contributed by atoms with Crippen LogP contribution in [-0.4, -0.2) is 28.9 Å². The van der Waals surface area contributed by atoms with E-state index in [1.54, 1.807) is 0 Å². The van der Waals surface area contributed by atoms with Crippen LogP contribution in [0.5, 0.6) is 0 Å². The van der Waals surface area contributed by atoms with Crippen molar-refractivity contribution in [1.82, 2.24) is 4.72 Å². The molecule has 0 radical (unpaired) electrons. The van der Waals surface area contributed by atoms with Crippen LogP contribution in [-0.2, 0) is 19.9 Å². The zero-order chi connectivity index (χ0) is 17.5. The van der Waals surface area contributed by atoms with Crippen molar-refractivity contribution < 1.29 is 34.4 Å². The molecule has 2 rings (SSSR count). The highest BCUT2D eigenvalue weighted by Crippen LogP contribution is 2.33. The number of sulfonamides is 1. The summed E-state index contributed by atoms with van der Waals surface area (Å²) in [6, 6.07) is 1.28. The Labute approximate surface area is 130 Å². The summed E-state index contributed by atoms with van der Waals surface area (Å²) in [6.45, 7) is 0.0983. The van der Waals surface area contributed by atoms with Crippen molar-refractivity contribution in [3.63, 3.8) is 0 Å². The highest BCUT2D eigenvalue weighted by atomic mass is 32.2. The first-order valence-corrected chi connectivity index (χ1v) is 9.52. The van der Waals surface area contributed by atoms with Crippen LogP contribution in [0.15, 0.2) is 28.0 Å². The predicted octanol–water partition coefficient (Wildman–Crippen LogP) is 2.20. The van der Waals surface area contributed by atoms with E-state index in [9.17, 15) is 34.4 Å². The summed E-state index contributed by atoms with van der Waals surface area (Å²) < 4.78 is 99.8. The lowest BCUT2D eigenvalue weighted by Crippen LogP contribution is -2.32. The molecule has 0 spiro atoms. The fourth-order valence-corrected chi connectivity index (χ4v) is 4.06. The number of sulfone groups is 1. The zero-order valence-corrected chi connectivity index (χ0v) is 13.2. The molecule has 1 aliphatic rings. The van der Waals surface area contributed by atoms with Gasteiger partial charge in [0.15, 0.2) is 0 Å². The maximum absolute atomic E-state index is 13.5. The summed E-state index contributed by atoms with van der Waals surface area (Å²) in [7, 11) is -10.2. The van der Waals surface area contributed by atoms with Crippen molar-refractivity contribution in [2.45, 2.75) is 34.6 Å². The van der Waals surface area contributed by atoms with E-state index in [1.165, 1.54) is 0 Å². The van der Waals surface area contributed by atoms with E-state index in [0.29, 0.717) is 12.1 Å². The quantitative estimate of drug-likeness (QED) is 0.800. The number of alkyl halides is 3. The Hall–Kier alpha value is -1.20. The van der Waals surface area contributed by atoms with Gasteiger partial charge in [0.2, 0.25) is 10.0 Å². The molecule has 1 saturated carbocycles. The average Bonchev–Trinajstić information content (AvgIpc) is 2.35. The van der Waals surface area contributed by atoms with Gasteiger partial charge in [-0.15, -0.1) is 0 Å². The van der Waals surface area contributed by atoms with Crippen LogP contribution in [0.2, 0.25) is 0 Å². The van der Waals surface area contributed by atoms with Crippen LogP contribution in [0.25, 0.3) is 0 Å². The van der Waals surface area contributed by atoms with Gasteiger partial charge in [0, 0.05) is 6.54 Å². The van der Waals surface area contributed by atoms with Gasteiger partial charge in [0.05, 0.1) is 4.90 Å². The molecule has 0 heterocycles. The summed E-state index contributed by atoms with van der Waals surface area (Å²) >= 11 is 0. The lowest BCUT2D eigenvalue weighted by atomic mass is 9.86. The molecule has 1 N–H and O–H groups in total. The Morgan fingerprint density at radius 1 is 1.13 bits per heavy atom. The molecule has 1 aromatic carbocycles. The Morgan fingerprint density at radius 3 is 2.22 bits per heavy atom. The van der Waals surface area contributed by atoms with Crippen molar-refractivity contribution in [3.05, 3.63) is 24.0 Å². The fourth-order valence-electron chi connectivity index (χ4n) is 1.99. The third-order valence-electron chi connectivity index (χ3n) is 3.59. The van der Waals surface area contributed by atoms with E-state index in [-0.39, 0.29) is 18.5 Å². The molecule has 23 heavy (non-hydrogen) atoms. The molecular weight excluding hydrogens is 362 g/mol. The average molecular weight is 375 g/mol. The first-order valence-electron chi connectivity index (χ1n) is 6.56. The van der Waals surface area contributed by atoms with Crippen LogP contribution < -0.4 is 4.72 Å². The Balaban J connectivity index is 2.36. The van der Waals surface area contributed by atoms with Crippen LogP contribution in [0.3, 0.4) is 0 Å². The Kier molecular flexibility index (Phi) is 4.75. The van der Waals surface area contributed by atoms with Gasteiger partial charge >= 0.3 is 5.51 Å². The third kappa shape index (κ3) is 3.66. The minimum absolute atomic E-state index is 0.0983. The van der Waals surface area contributed by atoms with Crippen molar-refractivity contribution in [2.75, 3.05) is 6.54 Å². The maximum atomic E-state index is 13.5. The fraction of sp³-hybridized carbons (Fsp3) is 0.500. The molecule has 0 amide bonds. The second kappa shape index (κ2) is 6.02. The molecule has 0 bridgehead atoms. The van der Waals surface area contributed by atoms with E-state index >= 15 is 0 Å². The van der Waals surface area contributed by atoms with Gasteiger partial charge in [-0.3, -0.25) is 0 Å². The zero-order valence-electron chi connectivity index (χ0n) is 11.6. The van der Waals surface area contributed by atoms with Crippen LogP contribution >= 0.6 is 0 Å². The topological polar surface area (TPSA) is 80.3 Å². The Morgan fingerprint density at radius 2 is 1.74 bits per heavy atom. The lowest BCUT2D eigenvalue weighted by molar-refractivity contribution is -0.0437. The minimum Gasteiger partial charge on any atom is -0.214 e.